The molecule has 0 aliphatic carbocycles. The van der Waals surface area contributed by atoms with E-state index in [1.807, 2.05) is 34.7 Å². The molecule has 0 amide bonds. The van der Waals surface area contributed by atoms with Crippen molar-refractivity contribution in [3.05, 3.63) is 54.2 Å². The Labute approximate surface area is 104 Å². The summed E-state index contributed by atoms with van der Waals surface area (Å²) in [6, 6.07) is 13.4. The van der Waals surface area contributed by atoms with Gasteiger partial charge in [0, 0.05) is 17.3 Å². The Kier molecular flexibility index (Phi) is 2.41. The molecule has 3 aromatic rings. The van der Waals surface area contributed by atoms with Gasteiger partial charge in [0.2, 0.25) is 0 Å². The molecule has 0 unspecified atom stereocenters. The first-order valence-corrected chi connectivity index (χ1v) is 5.67. The largest absolute Gasteiger partial charge is 0.294 e. The maximum absolute atomic E-state index is 11.4. The maximum atomic E-state index is 11.4. The first-order valence-electron chi connectivity index (χ1n) is 5.67. The van der Waals surface area contributed by atoms with Crippen LogP contribution in [0, 0.1) is 0 Å². The molecule has 4 heteroatoms. The molecular weight excluding hydrogens is 226 g/mol. The molecule has 0 spiro atoms. The van der Waals surface area contributed by atoms with Crippen LogP contribution in [-0.4, -0.2) is 20.4 Å². The van der Waals surface area contributed by atoms with Crippen LogP contribution in [0.4, 0.5) is 0 Å². The highest BCUT2D eigenvalue weighted by Crippen LogP contribution is 2.18. The molecule has 0 fully saturated rings. The van der Waals surface area contributed by atoms with E-state index in [-0.39, 0.29) is 5.78 Å². The minimum atomic E-state index is 0.0320. The predicted molar refractivity (Wildman–Crippen MR) is 68.4 cm³/mol. The van der Waals surface area contributed by atoms with Crippen LogP contribution < -0.4 is 0 Å². The van der Waals surface area contributed by atoms with Crippen LogP contribution in [0.15, 0.2) is 48.7 Å². The van der Waals surface area contributed by atoms with Gasteiger partial charge in [-0.1, -0.05) is 30.3 Å². The Morgan fingerprint density at radius 3 is 2.56 bits per heavy atom. The van der Waals surface area contributed by atoms with Crippen molar-refractivity contribution in [2.45, 2.75) is 6.92 Å². The fourth-order valence-corrected chi connectivity index (χ4v) is 1.88. The van der Waals surface area contributed by atoms with Crippen LogP contribution in [-0.2, 0) is 0 Å². The Balaban J connectivity index is 2.24. The van der Waals surface area contributed by atoms with Gasteiger partial charge < -0.3 is 0 Å². The van der Waals surface area contributed by atoms with Crippen LogP contribution in [0.1, 0.15) is 17.3 Å². The van der Waals surface area contributed by atoms with Crippen molar-refractivity contribution < 1.29 is 4.79 Å². The SMILES string of the molecule is CC(=O)c1ccc2nnc(-c3ccccc3)n2c1. The average Bonchev–Trinajstić information content (AvgIpc) is 2.82. The average molecular weight is 237 g/mol. The molecule has 0 radical (unpaired) electrons. The monoisotopic (exact) mass is 237 g/mol. The van der Waals surface area contributed by atoms with Gasteiger partial charge in [0.05, 0.1) is 0 Å². The van der Waals surface area contributed by atoms with Gasteiger partial charge in [-0.2, -0.15) is 0 Å². The highest BCUT2D eigenvalue weighted by atomic mass is 16.1. The quantitative estimate of drug-likeness (QED) is 0.643. The zero-order valence-corrected chi connectivity index (χ0v) is 9.87. The van der Waals surface area contributed by atoms with E-state index in [1.54, 1.807) is 25.3 Å². The minimum absolute atomic E-state index is 0.0320. The van der Waals surface area contributed by atoms with Gasteiger partial charge in [0.15, 0.2) is 17.3 Å². The van der Waals surface area contributed by atoms with E-state index in [0.717, 1.165) is 17.0 Å². The number of fused-ring (bicyclic) bond motifs is 1. The maximum Gasteiger partial charge on any atom is 0.168 e. The van der Waals surface area contributed by atoms with Crippen molar-refractivity contribution >= 4 is 11.4 Å². The van der Waals surface area contributed by atoms with E-state index in [9.17, 15) is 4.79 Å². The van der Waals surface area contributed by atoms with E-state index in [4.69, 9.17) is 0 Å². The van der Waals surface area contributed by atoms with Gasteiger partial charge in [0.1, 0.15) is 0 Å². The van der Waals surface area contributed by atoms with Gasteiger partial charge in [-0.25, -0.2) is 0 Å². The van der Waals surface area contributed by atoms with E-state index >= 15 is 0 Å². The van der Waals surface area contributed by atoms with Crippen LogP contribution in [0.5, 0.6) is 0 Å². The second-order valence-corrected chi connectivity index (χ2v) is 4.09. The Morgan fingerprint density at radius 1 is 1.06 bits per heavy atom. The third-order valence-electron chi connectivity index (χ3n) is 2.84. The second kappa shape index (κ2) is 4.07. The van der Waals surface area contributed by atoms with Gasteiger partial charge >= 0.3 is 0 Å². The zero-order valence-electron chi connectivity index (χ0n) is 9.87. The molecule has 2 heterocycles. The van der Waals surface area contributed by atoms with Crippen molar-refractivity contribution in [3.8, 4) is 11.4 Å². The summed E-state index contributed by atoms with van der Waals surface area (Å²) in [6.45, 7) is 1.55. The second-order valence-electron chi connectivity index (χ2n) is 4.09. The first-order chi connectivity index (χ1) is 8.75. The molecule has 0 aliphatic rings. The third kappa shape index (κ3) is 1.68. The Hall–Kier alpha value is -2.49. The standard InChI is InChI=1S/C14H11N3O/c1-10(18)12-7-8-13-15-16-14(17(13)9-12)11-5-3-2-4-6-11/h2-9H,1H3. The zero-order chi connectivity index (χ0) is 12.5. The number of aromatic nitrogens is 3. The van der Waals surface area contributed by atoms with E-state index < -0.39 is 0 Å². The summed E-state index contributed by atoms with van der Waals surface area (Å²) in [5, 5.41) is 8.26. The van der Waals surface area contributed by atoms with E-state index in [2.05, 4.69) is 10.2 Å². The highest BCUT2D eigenvalue weighted by Gasteiger charge is 2.09. The summed E-state index contributed by atoms with van der Waals surface area (Å²) in [6.07, 6.45) is 1.78. The molecule has 0 aliphatic heterocycles. The van der Waals surface area contributed by atoms with Crippen molar-refractivity contribution in [2.24, 2.45) is 0 Å². The fourth-order valence-electron chi connectivity index (χ4n) is 1.88. The lowest BCUT2D eigenvalue weighted by Gasteiger charge is -2.01. The van der Waals surface area contributed by atoms with Crippen molar-refractivity contribution in [1.29, 1.82) is 0 Å². The van der Waals surface area contributed by atoms with E-state index in [1.165, 1.54) is 0 Å². The van der Waals surface area contributed by atoms with E-state index in [0.29, 0.717) is 5.56 Å². The summed E-state index contributed by atoms with van der Waals surface area (Å²) in [5.41, 5.74) is 2.36. The molecule has 2 aromatic heterocycles. The molecule has 88 valence electrons. The number of pyridine rings is 1. The molecule has 1 aromatic carbocycles. The normalized spacial score (nSPS) is 10.7. The van der Waals surface area contributed by atoms with Crippen molar-refractivity contribution in [1.82, 2.24) is 14.6 Å². The molecule has 0 bridgehead atoms. The summed E-state index contributed by atoms with van der Waals surface area (Å²) in [5.74, 6) is 0.776. The Morgan fingerprint density at radius 2 is 1.83 bits per heavy atom. The summed E-state index contributed by atoms with van der Waals surface area (Å²) >= 11 is 0. The first kappa shape index (κ1) is 10.7. The topological polar surface area (TPSA) is 47.3 Å². The number of hydrogen-bond donors (Lipinski definition) is 0. The van der Waals surface area contributed by atoms with Gasteiger partial charge in [0.25, 0.3) is 0 Å². The predicted octanol–water partition coefficient (Wildman–Crippen LogP) is 2.60. The minimum Gasteiger partial charge on any atom is -0.294 e. The number of Topliss-reactive ketones (excluding diaryl/α,β-unsaturated/α-hetero) is 1. The lowest BCUT2D eigenvalue weighted by Crippen LogP contribution is -1.96. The molecule has 0 N–H and O–H groups in total. The molecule has 0 atom stereocenters. The molecule has 18 heavy (non-hydrogen) atoms. The van der Waals surface area contributed by atoms with Gasteiger partial charge in [-0.15, -0.1) is 10.2 Å². The van der Waals surface area contributed by atoms with Gasteiger partial charge in [-0.3, -0.25) is 9.20 Å². The lowest BCUT2D eigenvalue weighted by atomic mass is 10.2. The molecular formula is C14H11N3O. The number of ketones is 1. The summed E-state index contributed by atoms with van der Waals surface area (Å²) < 4.78 is 1.84. The van der Waals surface area contributed by atoms with Crippen molar-refractivity contribution in [2.75, 3.05) is 0 Å². The third-order valence-corrected chi connectivity index (χ3v) is 2.84. The summed E-state index contributed by atoms with van der Waals surface area (Å²) in [7, 11) is 0. The van der Waals surface area contributed by atoms with Crippen LogP contribution >= 0.6 is 0 Å². The molecule has 0 saturated carbocycles. The number of carbonyl (C=O) groups is 1. The number of hydrogen-bond acceptors (Lipinski definition) is 3. The fraction of sp³-hybridized carbons (Fsp3) is 0.0714. The number of carbonyl (C=O) groups excluding carboxylic acids is 1. The number of benzene rings is 1. The van der Waals surface area contributed by atoms with Gasteiger partial charge in [-0.05, 0) is 19.1 Å². The van der Waals surface area contributed by atoms with Crippen LogP contribution in [0.3, 0.4) is 0 Å². The lowest BCUT2D eigenvalue weighted by molar-refractivity contribution is 0.101. The van der Waals surface area contributed by atoms with Crippen LogP contribution in [0.2, 0.25) is 0 Å². The summed E-state index contributed by atoms with van der Waals surface area (Å²) in [4.78, 5) is 11.4. The number of rotatable bonds is 2. The van der Waals surface area contributed by atoms with Crippen molar-refractivity contribution in [3.63, 3.8) is 0 Å². The number of nitrogens with zero attached hydrogens (tertiary/aromatic N) is 3. The molecule has 0 saturated heterocycles. The molecule has 4 nitrogen and oxygen atoms in total. The smallest absolute Gasteiger partial charge is 0.168 e. The highest BCUT2D eigenvalue weighted by molar-refractivity contribution is 5.94. The molecule has 3 rings (SSSR count). The Bertz CT molecular complexity index is 716. The van der Waals surface area contributed by atoms with Crippen LogP contribution in [0.25, 0.3) is 17.0 Å².